The van der Waals surface area contributed by atoms with E-state index in [0.29, 0.717) is 30.2 Å². The number of benzene rings is 3. The number of carboxylic acid groups (broad SMARTS) is 1. The number of pyridine rings is 1. The maximum Gasteiger partial charge on any atom is 0.407 e. The second-order valence-corrected chi connectivity index (χ2v) is 15.5. The zero-order valence-corrected chi connectivity index (χ0v) is 31.3. The molecule has 53 heavy (non-hydrogen) atoms. The summed E-state index contributed by atoms with van der Waals surface area (Å²) < 4.78 is 31.8. The number of nitrogens with zero attached hydrogens (tertiary/aromatic N) is 5. The number of carbonyl (C=O) groups excluding carboxylic acids is 1. The molecule has 3 amide bonds. The third kappa shape index (κ3) is 7.61. The topological polar surface area (TPSA) is 151 Å². The van der Waals surface area contributed by atoms with Gasteiger partial charge in [0.25, 0.3) is 0 Å². The van der Waals surface area contributed by atoms with E-state index in [1.807, 2.05) is 119 Å². The number of nitrogens with one attached hydrogen (secondary N) is 2. The number of urea groups is 1. The zero-order valence-electron chi connectivity index (χ0n) is 30.5. The van der Waals surface area contributed by atoms with Gasteiger partial charge < -0.3 is 20.1 Å². The molecule has 3 N–H and O–H groups in total. The standard InChI is InChI=1S/C40H45N7O5S/c1-27(2)33-24-32(26-46(5)39(49)50)42-35(28(3)4)36(33)43-38(48)44-53(51,34-25-41-47-22-15-23-52-37(34)47)45-40(29-16-9-6-10-17-29,30-18-11-7-12-19-30)31-20-13-8-14-21-31/h6-14,16-21,24-25,27-28H,15,22-23,26H2,1-5H3,(H,49,50)(H2,43,44,45,48,51). The molecule has 6 rings (SSSR count). The van der Waals surface area contributed by atoms with E-state index in [2.05, 4.69) is 15.1 Å². The third-order valence-electron chi connectivity index (χ3n) is 9.15. The Labute approximate surface area is 310 Å². The van der Waals surface area contributed by atoms with Crippen molar-refractivity contribution < 1.29 is 23.6 Å². The van der Waals surface area contributed by atoms with Crippen molar-refractivity contribution in [2.45, 2.75) is 69.5 Å². The molecule has 0 saturated carbocycles. The highest BCUT2D eigenvalue weighted by Crippen LogP contribution is 2.43. The maximum absolute atomic E-state index is 16.0. The summed E-state index contributed by atoms with van der Waals surface area (Å²) in [5, 5.41) is 17.0. The van der Waals surface area contributed by atoms with E-state index in [-0.39, 0.29) is 29.2 Å². The molecular formula is C40H45N7O5S. The van der Waals surface area contributed by atoms with E-state index in [9.17, 15) is 14.7 Å². The van der Waals surface area contributed by atoms with Crippen LogP contribution in [0, 0.1) is 0 Å². The van der Waals surface area contributed by atoms with E-state index in [4.69, 9.17) is 14.1 Å². The molecule has 1 unspecified atom stereocenters. The number of hydrogen-bond acceptors (Lipinski definition) is 7. The van der Waals surface area contributed by atoms with Gasteiger partial charge in [-0.3, -0.25) is 4.98 Å². The van der Waals surface area contributed by atoms with Crippen LogP contribution in [0.15, 0.2) is 113 Å². The summed E-state index contributed by atoms with van der Waals surface area (Å²) in [6.45, 7) is 8.88. The van der Waals surface area contributed by atoms with Crippen molar-refractivity contribution in [1.29, 1.82) is 0 Å². The van der Waals surface area contributed by atoms with Gasteiger partial charge >= 0.3 is 12.1 Å². The number of rotatable bonds is 11. The van der Waals surface area contributed by atoms with Gasteiger partial charge in [-0.25, -0.2) is 23.2 Å². The molecule has 1 aliphatic heterocycles. The summed E-state index contributed by atoms with van der Waals surface area (Å²) >= 11 is 0. The minimum atomic E-state index is -3.92. The third-order valence-corrected chi connectivity index (χ3v) is 11.0. The number of aryl methyl sites for hydroxylation is 1. The first-order chi connectivity index (χ1) is 25.4. The number of anilines is 1. The summed E-state index contributed by atoms with van der Waals surface area (Å²) in [6, 6.07) is 29.8. The number of hydrogen-bond donors (Lipinski definition) is 3. The number of fused-ring (bicyclic) bond motifs is 1. The number of ether oxygens (including phenoxy) is 1. The smallest absolute Gasteiger partial charge is 0.407 e. The molecule has 3 heterocycles. The molecule has 0 bridgehead atoms. The van der Waals surface area contributed by atoms with E-state index in [0.717, 1.165) is 33.6 Å². The Hall–Kier alpha value is -5.69. The molecule has 12 nitrogen and oxygen atoms in total. The van der Waals surface area contributed by atoms with Crippen LogP contribution in [0.3, 0.4) is 0 Å². The van der Waals surface area contributed by atoms with Crippen molar-refractivity contribution in [3.8, 4) is 5.88 Å². The van der Waals surface area contributed by atoms with Gasteiger partial charge in [-0.05, 0) is 40.2 Å². The molecule has 0 radical (unpaired) electrons. The molecule has 0 fully saturated rings. The molecule has 276 valence electrons. The lowest BCUT2D eigenvalue weighted by Crippen LogP contribution is -2.38. The van der Waals surface area contributed by atoms with Gasteiger partial charge in [-0.15, -0.1) is 0 Å². The molecule has 0 aliphatic carbocycles. The number of carbonyl (C=O) groups is 2. The molecule has 5 aromatic rings. The van der Waals surface area contributed by atoms with Crippen molar-refractivity contribution in [1.82, 2.24) is 24.4 Å². The SMILES string of the molecule is CC(C)c1cc(CN(C)C(=O)O)nc(C(C)C)c1NC(=O)NS(=O)(=NC(c1ccccc1)(c1ccccc1)c1ccccc1)c1cnn2c1OCCC2. The predicted octanol–water partition coefficient (Wildman–Crippen LogP) is 7.97. The van der Waals surface area contributed by atoms with Gasteiger partial charge in [0.1, 0.15) is 10.4 Å². The quantitative estimate of drug-likeness (QED) is 0.116. The van der Waals surface area contributed by atoms with Crippen LogP contribution < -0.4 is 14.8 Å². The maximum atomic E-state index is 16.0. The minimum Gasteiger partial charge on any atom is -0.477 e. The van der Waals surface area contributed by atoms with Gasteiger partial charge in [0.15, 0.2) is 9.92 Å². The van der Waals surface area contributed by atoms with Gasteiger partial charge in [-0.1, -0.05) is 119 Å². The number of amides is 3. The van der Waals surface area contributed by atoms with Crippen LogP contribution >= 0.6 is 0 Å². The first-order valence-corrected chi connectivity index (χ1v) is 19.1. The molecule has 1 aliphatic rings. The molecule has 0 spiro atoms. The Morgan fingerprint density at radius 3 is 2.02 bits per heavy atom. The normalized spacial score (nSPS) is 13.8. The summed E-state index contributed by atoms with van der Waals surface area (Å²) in [5.41, 5.74) is 3.21. The molecule has 0 saturated heterocycles. The van der Waals surface area contributed by atoms with Crippen LogP contribution in [-0.2, 0) is 28.5 Å². The van der Waals surface area contributed by atoms with Crippen molar-refractivity contribution in [3.05, 3.63) is 137 Å². The van der Waals surface area contributed by atoms with E-state index >= 15 is 4.21 Å². The fourth-order valence-electron chi connectivity index (χ4n) is 6.56. The average Bonchev–Trinajstić information content (AvgIpc) is 3.60. The molecule has 2 aromatic heterocycles. The zero-order chi connectivity index (χ0) is 37.8. The minimum absolute atomic E-state index is 0.0707. The Balaban J connectivity index is 1.56. The van der Waals surface area contributed by atoms with Gasteiger partial charge in [0.05, 0.1) is 36.4 Å². The second kappa shape index (κ2) is 15.5. The Morgan fingerprint density at radius 2 is 1.51 bits per heavy atom. The Bertz CT molecular complexity index is 2070. The highest BCUT2D eigenvalue weighted by Gasteiger charge is 2.40. The first-order valence-electron chi connectivity index (χ1n) is 17.6. The second-order valence-electron chi connectivity index (χ2n) is 13.6. The summed E-state index contributed by atoms with van der Waals surface area (Å²) in [4.78, 5) is 32.2. The number of aromatic nitrogens is 3. The largest absolute Gasteiger partial charge is 0.477 e. The van der Waals surface area contributed by atoms with Crippen molar-refractivity contribution in [3.63, 3.8) is 0 Å². The van der Waals surface area contributed by atoms with Crippen LogP contribution in [0.1, 0.15) is 79.6 Å². The molecular weight excluding hydrogens is 691 g/mol. The lowest BCUT2D eigenvalue weighted by molar-refractivity contribution is 0.153. The van der Waals surface area contributed by atoms with Crippen LogP contribution in [0.4, 0.5) is 15.3 Å². The van der Waals surface area contributed by atoms with E-state index in [1.165, 1.54) is 13.2 Å². The Kier molecular flexibility index (Phi) is 10.8. The average molecular weight is 736 g/mol. The summed E-state index contributed by atoms with van der Waals surface area (Å²) in [5.74, 6) is 0.0596. The van der Waals surface area contributed by atoms with Crippen LogP contribution in [0.2, 0.25) is 0 Å². The predicted molar refractivity (Wildman–Crippen MR) is 204 cm³/mol. The first kappa shape index (κ1) is 37.1. The summed E-state index contributed by atoms with van der Waals surface area (Å²) in [7, 11) is -2.45. The van der Waals surface area contributed by atoms with Crippen LogP contribution in [-0.4, -0.2) is 54.8 Å². The van der Waals surface area contributed by atoms with Crippen molar-refractivity contribution >= 4 is 27.7 Å². The molecule has 3 aromatic carbocycles. The van der Waals surface area contributed by atoms with Crippen LogP contribution in [0.25, 0.3) is 0 Å². The fourth-order valence-corrected chi connectivity index (χ4v) is 8.41. The highest BCUT2D eigenvalue weighted by molar-refractivity contribution is 7.92. The van der Waals surface area contributed by atoms with Crippen molar-refractivity contribution in [2.24, 2.45) is 4.36 Å². The summed E-state index contributed by atoms with van der Waals surface area (Å²) in [6.07, 6.45) is 1.12. The highest BCUT2D eigenvalue weighted by atomic mass is 32.2. The van der Waals surface area contributed by atoms with Crippen LogP contribution in [0.5, 0.6) is 5.88 Å². The van der Waals surface area contributed by atoms with E-state index in [1.54, 1.807) is 10.7 Å². The van der Waals surface area contributed by atoms with Gasteiger partial charge in [0.2, 0.25) is 5.88 Å². The van der Waals surface area contributed by atoms with E-state index < -0.39 is 27.6 Å². The van der Waals surface area contributed by atoms with Crippen molar-refractivity contribution in [2.75, 3.05) is 19.0 Å². The molecule has 13 heteroatoms. The Morgan fingerprint density at radius 1 is 0.943 bits per heavy atom. The fraction of sp³-hybridized carbons (Fsp3) is 0.300. The molecule has 1 atom stereocenters. The monoisotopic (exact) mass is 735 g/mol. The lowest BCUT2D eigenvalue weighted by Gasteiger charge is -2.33. The van der Waals surface area contributed by atoms with Gasteiger partial charge in [-0.2, -0.15) is 9.46 Å². The lowest BCUT2D eigenvalue weighted by atomic mass is 9.78. The van der Waals surface area contributed by atoms with Gasteiger partial charge in [0, 0.05) is 20.0 Å².